The van der Waals surface area contributed by atoms with Gasteiger partial charge < -0.3 is 10.1 Å². The molecule has 0 aliphatic rings. The lowest BCUT2D eigenvalue weighted by Gasteiger charge is -2.16. The Morgan fingerprint density at radius 3 is 2.43 bits per heavy atom. The van der Waals surface area contributed by atoms with E-state index in [1.165, 1.54) is 20.1 Å². The highest BCUT2D eigenvalue weighted by Gasteiger charge is 2.23. The lowest BCUT2D eigenvalue weighted by molar-refractivity contribution is -0.117. The average molecular weight is 398 g/mol. The zero-order chi connectivity index (χ0) is 20.3. The zero-order valence-electron chi connectivity index (χ0n) is 15.9. The number of aryl methyl sites for hydroxylation is 1. The molecule has 0 aromatic heterocycles. The number of methoxy groups -OCH3 is 1. The van der Waals surface area contributed by atoms with Crippen LogP contribution in [0.4, 0.5) is 5.69 Å². The van der Waals surface area contributed by atoms with Crippen molar-refractivity contribution in [2.24, 2.45) is 0 Å². The van der Waals surface area contributed by atoms with Gasteiger partial charge in [-0.1, -0.05) is 36.4 Å². The number of benzene rings is 3. The fourth-order valence-corrected chi connectivity index (χ4v) is 4.09. The van der Waals surface area contributed by atoms with Crippen LogP contribution in [0.1, 0.15) is 12.5 Å². The van der Waals surface area contributed by atoms with E-state index in [1.807, 2.05) is 37.3 Å². The number of rotatable bonds is 6. The molecule has 0 radical (unpaired) electrons. The Bertz CT molecular complexity index is 1130. The fourth-order valence-electron chi connectivity index (χ4n) is 2.85. The first-order valence-corrected chi connectivity index (χ1v) is 10.2. The minimum Gasteiger partial charge on any atom is -0.495 e. The Morgan fingerprint density at radius 1 is 1.00 bits per heavy atom. The summed E-state index contributed by atoms with van der Waals surface area (Å²) in [5, 5.41) is 4.47. The summed E-state index contributed by atoms with van der Waals surface area (Å²) >= 11 is 0. The van der Waals surface area contributed by atoms with Gasteiger partial charge in [-0.25, -0.2) is 8.42 Å². The Morgan fingerprint density at radius 2 is 1.71 bits per heavy atom. The maximum Gasteiger partial charge on any atom is 0.242 e. The number of hydrogen-bond acceptors (Lipinski definition) is 4. The average Bonchev–Trinajstić information content (AvgIpc) is 2.67. The molecule has 3 aromatic carbocycles. The lowest BCUT2D eigenvalue weighted by Crippen LogP contribution is -2.41. The smallest absolute Gasteiger partial charge is 0.242 e. The number of amides is 1. The quantitative estimate of drug-likeness (QED) is 0.666. The van der Waals surface area contributed by atoms with Gasteiger partial charge >= 0.3 is 0 Å². The second kappa shape index (κ2) is 8.00. The minimum absolute atomic E-state index is 0.110. The van der Waals surface area contributed by atoms with E-state index in [1.54, 1.807) is 24.3 Å². The van der Waals surface area contributed by atoms with Gasteiger partial charge in [0.1, 0.15) is 5.75 Å². The van der Waals surface area contributed by atoms with Crippen molar-refractivity contribution in [3.8, 4) is 5.75 Å². The topological polar surface area (TPSA) is 84.5 Å². The number of fused-ring (bicyclic) bond motifs is 1. The first-order chi connectivity index (χ1) is 13.3. The van der Waals surface area contributed by atoms with E-state index in [9.17, 15) is 13.2 Å². The standard InChI is InChI=1S/C21H22N2O4S/c1-14-8-11-20(27-3)19(12-14)22-21(24)15(2)23-28(25,26)18-10-9-16-6-4-5-7-17(16)13-18/h4-13,15,23H,1-3H3,(H,22,24)/t15-/m1/s1. The van der Waals surface area contributed by atoms with E-state index in [-0.39, 0.29) is 4.90 Å². The molecule has 0 bridgehead atoms. The van der Waals surface area contributed by atoms with Gasteiger partial charge in [-0.15, -0.1) is 0 Å². The summed E-state index contributed by atoms with van der Waals surface area (Å²) in [6, 6.07) is 16.7. The molecule has 146 valence electrons. The van der Waals surface area contributed by atoms with Crippen molar-refractivity contribution in [2.45, 2.75) is 24.8 Å². The Kier molecular flexibility index (Phi) is 5.67. The SMILES string of the molecule is COc1ccc(C)cc1NC(=O)[C@@H](C)NS(=O)(=O)c1ccc2ccccc2c1. The Hall–Kier alpha value is -2.90. The summed E-state index contributed by atoms with van der Waals surface area (Å²) in [5.74, 6) is 0.0248. The van der Waals surface area contributed by atoms with Crippen molar-refractivity contribution in [3.05, 3.63) is 66.2 Å². The Labute approximate surface area is 164 Å². The van der Waals surface area contributed by atoms with Gasteiger partial charge in [-0.3, -0.25) is 4.79 Å². The molecule has 2 N–H and O–H groups in total. The molecule has 0 heterocycles. The third kappa shape index (κ3) is 4.32. The summed E-state index contributed by atoms with van der Waals surface area (Å²) in [5.41, 5.74) is 1.43. The molecule has 0 aliphatic heterocycles. The maximum absolute atomic E-state index is 12.7. The molecule has 0 saturated heterocycles. The molecular weight excluding hydrogens is 376 g/mol. The van der Waals surface area contributed by atoms with Crippen LogP contribution in [0.2, 0.25) is 0 Å². The van der Waals surface area contributed by atoms with E-state index in [2.05, 4.69) is 10.0 Å². The highest BCUT2D eigenvalue weighted by Crippen LogP contribution is 2.25. The zero-order valence-corrected chi connectivity index (χ0v) is 16.7. The summed E-state index contributed by atoms with van der Waals surface area (Å²) < 4.78 is 33.1. The van der Waals surface area contributed by atoms with Crippen LogP contribution in [0, 0.1) is 6.92 Å². The lowest BCUT2D eigenvalue weighted by atomic mass is 10.1. The first-order valence-electron chi connectivity index (χ1n) is 8.77. The van der Waals surface area contributed by atoms with Crippen LogP contribution in [-0.2, 0) is 14.8 Å². The van der Waals surface area contributed by atoms with E-state index >= 15 is 0 Å². The molecule has 0 saturated carbocycles. The molecule has 28 heavy (non-hydrogen) atoms. The summed E-state index contributed by atoms with van der Waals surface area (Å²) in [7, 11) is -2.35. The van der Waals surface area contributed by atoms with Crippen molar-refractivity contribution in [1.82, 2.24) is 4.72 Å². The predicted octanol–water partition coefficient (Wildman–Crippen LogP) is 3.46. The summed E-state index contributed by atoms with van der Waals surface area (Å²) in [4.78, 5) is 12.6. The van der Waals surface area contributed by atoms with Crippen molar-refractivity contribution >= 4 is 32.4 Å². The molecule has 0 spiro atoms. The highest BCUT2D eigenvalue weighted by molar-refractivity contribution is 7.89. The van der Waals surface area contributed by atoms with Crippen LogP contribution in [0.3, 0.4) is 0 Å². The van der Waals surface area contributed by atoms with E-state index in [0.29, 0.717) is 11.4 Å². The number of nitrogens with one attached hydrogen (secondary N) is 2. The van der Waals surface area contributed by atoms with Gasteiger partial charge in [0.2, 0.25) is 15.9 Å². The monoisotopic (exact) mass is 398 g/mol. The second-order valence-electron chi connectivity index (χ2n) is 6.54. The summed E-state index contributed by atoms with van der Waals surface area (Å²) in [6.45, 7) is 3.39. The minimum atomic E-state index is -3.85. The summed E-state index contributed by atoms with van der Waals surface area (Å²) in [6.07, 6.45) is 0. The van der Waals surface area contributed by atoms with Gasteiger partial charge in [-0.2, -0.15) is 4.72 Å². The van der Waals surface area contributed by atoms with Crippen LogP contribution in [0.15, 0.2) is 65.6 Å². The number of sulfonamides is 1. The van der Waals surface area contributed by atoms with Gasteiger partial charge in [0.25, 0.3) is 0 Å². The molecule has 1 amide bonds. The third-order valence-corrected chi connectivity index (χ3v) is 5.91. The molecule has 1 atom stereocenters. The maximum atomic E-state index is 12.7. The van der Waals surface area contributed by atoms with Crippen LogP contribution in [-0.4, -0.2) is 27.5 Å². The van der Waals surface area contributed by atoms with Crippen LogP contribution >= 0.6 is 0 Å². The molecule has 3 rings (SSSR count). The molecule has 0 fully saturated rings. The molecular formula is C21H22N2O4S. The number of anilines is 1. The fraction of sp³-hybridized carbons (Fsp3) is 0.190. The normalized spacial score (nSPS) is 12.5. The van der Waals surface area contributed by atoms with E-state index in [4.69, 9.17) is 4.74 Å². The third-order valence-electron chi connectivity index (χ3n) is 4.37. The van der Waals surface area contributed by atoms with Gasteiger partial charge in [0.05, 0.1) is 23.7 Å². The predicted molar refractivity (Wildman–Crippen MR) is 110 cm³/mol. The van der Waals surface area contributed by atoms with Crippen LogP contribution < -0.4 is 14.8 Å². The van der Waals surface area contributed by atoms with Crippen molar-refractivity contribution in [2.75, 3.05) is 12.4 Å². The number of carbonyl (C=O) groups is 1. The number of carbonyl (C=O) groups excluding carboxylic acids is 1. The Balaban J connectivity index is 1.77. The highest BCUT2D eigenvalue weighted by atomic mass is 32.2. The van der Waals surface area contributed by atoms with Crippen molar-refractivity contribution in [1.29, 1.82) is 0 Å². The largest absolute Gasteiger partial charge is 0.495 e. The van der Waals surface area contributed by atoms with E-state index in [0.717, 1.165) is 16.3 Å². The van der Waals surface area contributed by atoms with Crippen LogP contribution in [0.5, 0.6) is 5.75 Å². The van der Waals surface area contributed by atoms with E-state index < -0.39 is 22.0 Å². The van der Waals surface area contributed by atoms with Crippen molar-refractivity contribution in [3.63, 3.8) is 0 Å². The van der Waals surface area contributed by atoms with Gasteiger partial charge in [0.15, 0.2) is 0 Å². The molecule has 3 aromatic rings. The van der Waals surface area contributed by atoms with Crippen molar-refractivity contribution < 1.29 is 17.9 Å². The molecule has 7 heteroatoms. The number of ether oxygens (including phenoxy) is 1. The molecule has 0 unspecified atom stereocenters. The number of hydrogen-bond donors (Lipinski definition) is 2. The molecule has 0 aliphatic carbocycles. The first kappa shape index (κ1) is 19.9. The molecule has 6 nitrogen and oxygen atoms in total. The van der Waals surface area contributed by atoms with Gasteiger partial charge in [-0.05, 0) is 54.4 Å². The second-order valence-corrected chi connectivity index (χ2v) is 8.26. The van der Waals surface area contributed by atoms with Crippen LogP contribution in [0.25, 0.3) is 10.8 Å². The van der Waals surface area contributed by atoms with Gasteiger partial charge in [0, 0.05) is 0 Å².